The second-order valence-electron chi connectivity index (χ2n) is 5.95. The van der Waals surface area contributed by atoms with Crippen LogP contribution in [0.15, 0.2) is 78.2 Å². The summed E-state index contributed by atoms with van der Waals surface area (Å²) in [5, 5.41) is 10.7. The Morgan fingerprint density at radius 1 is 1.00 bits per heavy atom. The van der Waals surface area contributed by atoms with Gasteiger partial charge in [0.2, 0.25) is 0 Å². The highest BCUT2D eigenvalue weighted by Crippen LogP contribution is 2.30. The molecule has 1 aliphatic heterocycles. The van der Waals surface area contributed by atoms with Crippen molar-refractivity contribution < 1.29 is 0 Å². The summed E-state index contributed by atoms with van der Waals surface area (Å²) in [7, 11) is 0. The van der Waals surface area contributed by atoms with Crippen molar-refractivity contribution >= 4 is 35.0 Å². The minimum absolute atomic E-state index is 0.633. The summed E-state index contributed by atoms with van der Waals surface area (Å²) < 4.78 is 0. The van der Waals surface area contributed by atoms with Gasteiger partial charge in [-0.1, -0.05) is 29.8 Å². The summed E-state index contributed by atoms with van der Waals surface area (Å²) in [6.07, 6.45) is 5.43. The average molecular weight is 364 g/mol. The molecule has 0 amide bonds. The maximum atomic E-state index is 6.10. The number of hydrazone groups is 1. The van der Waals surface area contributed by atoms with E-state index in [1.807, 2.05) is 59.9 Å². The zero-order valence-corrected chi connectivity index (χ0v) is 14.8. The monoisotopic (exact) mass is 363 g/mol. The minimum Gasteiger partial charge on any atom is -0.379 e. The second-order valence-corrected chi connectivity index (χ2v) is 6.38. The van der Waals surface area contributed by atoms with E-state index in [1.54, 1.807) is 12.4 Å². The van der Waals surface area contributed by atoms with Crippen LogP contribution in [-0.4, -0.2) is 18.0 Å². The number of aromatic nitrogens is 1. The van der Waals surface area contributed by atoms with Gasteiger partial charge in [-0.05, 0) is 48.0 Å². The van der Waals surface area contributed by atoms with Gasteiger partial charge < -0.3 is 10.2 Å². The van der Waals surface area contributed by atoms with Crippen LogP contribution in [-0.2, 0) is 6.54 Å². The van der Waals surface area contributed by atoms with Crippen LogP contribution >= 0.6 is 11.6 Å². The number of hydrogen-bond donors (Lipinski definition) is 1. The lowest BCUT2D eigenvalue weighted by Crippen LogP contribution is -2.26. The molecule has 130 valence electrons. The Bertz CT molecular complexity index is 913. The van der Waals surface area contributed by atoms with E-state index >= 15 is 0 Å². The number of halogens is 1. The molecule has 0 atom stereocenters. The highest BCUT2D eigenvalue weighted by atomic mass is 35.5. The van der Waals surface area contributed by atoms with Gasteiger partial charge in [0.15, 0.2) is 0 Å². The topological polar surface area (TPSA) is 43.8 Å². The van der Waals surface area contributed by atoms with E-state index in [1.165, 1.54) is 5.56 Å². The standard InChI is InChI=1S/C20H18ClN5/c21-17-4-3-5-18(12-17)25-14-24-26(15-25)20-7-2-1-6-19(20)23-13-16-8-10-22-11-9-16/h1-12,14,23H,13,15H2. The Balaban J connectivity index is 1.49. The van der Waals surface area contributed by atoms with Crippen LogP contribution in [0.4, 0.5) is 17.1 Å². The summed E-state index contributed by atoms with van der Waals surface area (Å²) in [6, 6.07) is 19.9. The first kappa shape index (κ1) is 16.4. The molecular weight excluding hydrogens is 346 g/mol. The molecule has 1 aliphatic rings. The molecule has 1 aromatic heterocycles. The quantitative estimate of drug-likeness (QED) is 0.720. The summed E-state index contributed by atoms with van der Waals surface area (Å²) in [6.45, 7) is 1.36. The van der Waals surface area contributed by atoms with Gasteiger partial charge in [0.25, 0.3) is 0 Å². The van der Waals surface area contributed by atoms with Crippen LogP contribution < -0.4 is 15.2 Å². The first-order valence-corrected chi connectivity index (χ1v) is 8.73. The summed E-state index contributed by atoms with van der Waals surface area (Å²) >= 11 is 6.10. The Labute approximate surface area is 157 Å². The average Bonchev–Trinajstić information content (AvgIpc) is 3.17. The Kier molecular flexibility index (Phi) is 4.71. The van der Waals surface area contributed by atoms with Crippen molar-refractivity contribution in [2.45, 2.75) is 6.54 Å². The molecule has 2 heterocycles. The Morgan fingerprint density at radius 2 is 1.85 bits per heavy atom. The van der Waals surface area contributed by atoms with Crippen molar-refractivity contribution in [1.29, 1.82) is 0 Å². The maximum absolute atomic E-state index is 6.10. The van der Waals surface area contributed by atoms with Gasteiger partial charge in [0.1, 0.15) is 13.0 Å². The van der Waals surface area contributed by atoms with Crippen molar-refractivity contribution in [2.75, 3.05) is 21.9 Å². The fraction of sp³-hybridized carbons (Fsp3) is 0.100. The second kappa shape index (κ2) is 7.45. The predicted octanol–water partition coefficient (Wildman–Crippen LogP) is 4.57. The van der Waals surface area contributed by atoms with Gasteiger partial charge in [-0.2, -0.15) is 5.10 Å². The largest absolute Gasteiger partial charge is 0.379 e. The number of nitrogens with one attached hydrogen (secondary N) is 1. The van der Waals surface area contributed by atoms with Gasteiger partial charge in [-0.25, -0.2) is 5.01 Å². The number of rotatable bonds is 5. The van der Waals surface area contributed by atoms with Gasteiger partial charge in [-0.3, -0.25) is 4.98 Å². The van der Waals surface area contributed by atoms with Crippen molar-refractivity contribution in [1.82, 2.24) is 4.98 Å². The van der Waals surface area contributed by atoms with Gasteiger partial charge in [0, 0.05) is 29.6 Å². The lowest BCUT2D eigenvalue weighted by atomic mass is 10.2. The molecule has 0 unspecified atom stereocenters. The van der Waals surface area contributed by atoms with E-state index in [0.29, 0.717) is 11.7 Å². The fourth-order valence-corrected chi connectivity index (χ4v) is 3.01. The minimum atomic E-state index is 0.633. The van der Waals surface area contributed by atoms with Gasteiger partial charge >= 0.3 is 0 Å². The fourth-order valence-electron chi connectivity index (χ4n) is 2.83. The molecule has 3 aromatic rings. The SMILES string of the molecule is Clc1cccc(N2C=NN(c3ccccc3NCc3ccncc3)C2)c1. The van der Waals surface area contributed by atoms with Crippen molar-refractivity contribution in [3.05, 3.63) is 83.6 Å². The number of hydrogen-bond acceptors (Lipinski definition) is 5. The summed E-state index contributed by atoms with van der Waals surface area (Å²) in [5.74, 6) is 0. The number of anilines is 3. The Morgan fingerprint density at radius 3 is 2.69 bits per heavy atom. The lowest BCUT2D eigenvalue weighted by molar-refractivity contribution is 0.911. The molecule has 0 saturated heterocycles. The van der Waals surface area contributed by atoms with Crippen molar-refractivity contribution in [3.63, 3.8) is 0 Å². The molecule has 0 spiro atoms. The van der Waals surface area contributed by atoms with E-state index in [9.17, 15) is 0 Å². The number of para-hydroxylation sites is 2. The lowest BCUT2D eigenvalue weighted by Gasteiger charge is -2.22. The zero-order valence-electron chi connectivity index (χ0n) is 14.1. The summed E-state index contributed by atoms with van der Waals surface area (Å²) in [5.41, 5.74) is 4.27. The molecule has 2 aromatic carbocycles. The van der Waals surface area contributed by atoms with Gasteiger partial charge in [-0.15, -0.1) is 0 Å². The molecule has 26 heavy (non-hydrogen) atoms. The maximum Gasteiger partial charge on any atom is 0.118 e. The molecule has 0 radical (unpaired) electrons. The van der Waals surface area contributed by atoms with E-state index in [0.717, 1.165) is 23.6 Å². The van der Waals surface area contributed by atoms with E-state index in [4.69, 9.17) is 11.6 Å². The smallest absolute Gasteiger partial charge is 0.118 e. The van der Waals surface area contributed by atoms with Gasteiger partial charge in [0.05, 0.1) is 11.4 Å². The third kappa shape index (κ3) is 3.63. The highest BCUT2D eigenvalue weighted by Gasteiger charge is 2.19. The first-order chi connectivity index (χ1) is 12.8. The zero-order chi connectivity index (χ0) is 17.8. The Hall–Kier alpha value is -3.05. The van der Waals surface area contributed by atoms with Crippen LogP contribution in [0, 0.1) is 0 Å². The molecule has 1 N–H and O–H groups in total. The molecule has 0 fully saturated rings. The molecule has 5 nitrogen and oxygen atoms in total. The first-order valence-electron chi connectivity index (χ1n) is 8.35. The van der Waals surface area contributed by atoms with Crippen molar-refractivity contribution in [2.24, 2.45) is 5.10 Å². The van der Waals surface area contributed by atoms with E-state index < -0.39 is 0 Å². The molecule has 4 rings (SSSR count). The summed E-state index contributed by atoms with van der Waals surface area (Å²) in [4.78, 5) is 6.12. The van der Waals surface area contributed by atoms with E-state index in [-0.39, 0.29) is 0 Å². The van der Waals surface area contributed by atoms with Crippen LogP contribution in [0.3, 0.4) is 0 Å². The van der Waals surface area contributed by atoms with Crippen LogP contribution in [0.2, 0.25) is 5.02 Å². The molecule has 0 bridgehead atoms. The van der Waals surface area contributed by atoms with Crippen LogP contribution in [0.1, 0.15) is 5.56 Å². The number of benzene rings is 2. The highest BCUT2D eigenvalue weighted by molar-refractivity contribution is 6.30. The van der Waals surface area contributed by atoms with Crippen LogP contribution in [0.5, 0.6) is 0 Å². The van der Waals surface area contributed by atoms with E-state index in [2.05, 4.69) is 32.4 Å². The normalized spacial score (nSPS) is 13.3. The number of pyridine rings is 1. The third-order valence-corrected chi connectivity index (χ3v) is 4.41. The third-order valence-electron chi connectivity index (χ3n) is 4.17. The molecule has 6 heteroatoms. The molecule has 0 aliphatic carbocycles. The molecule has 0 saturated carbocycles. The van der Waals surface area contributed by atoms with Crippen molar-refractivity contribution in [3.8, 4) is 0 Å². The van der Waals surface area contributed by atoms with Crippen LogP contribution in [0.25, 0.3) is 0 Å². The molecular formula is C20H18ClN5. The predicted molar refractivity (Wildman–Crippen MR) is 108 cm³/mol. The number of nitrogens with zero attached hydrogens (tertiary/aromatic N) is 4.